The second kappa shape index (κ2) is 11.0. The first-order chi connectivity index (χ1) is 16.9. The molecule has 2 aromatic carbocycles. The van der Waals surface area contributed by atoms with Crippen LogP contribution in [-0.2, 0) is 14.3 Å². The van der Waals surface area contributed by atoms with Crippen molar-refractivity contribution in [3.8, 4) is 0 Å². The fourth-order valence-electron chi connectivity index (χ4n) is 4.12. The van der Waals surface area contributed by atoms with E-state index in [4.69, 9.17) is 16.3 Å². The predicted molar refractivity (Wildman–Crippen MR) is 141 cm³/mol. The number of allylic oxidation sites excluding steroid dienone is 1. The lowest BCUT2D eigenvalue weighted by atomic mass is 9.93. The average molecular weight is 508 g/mol. The van der Waals surface area contributed by atoms with Gasteiger partial charge < -0.3 is 15.0 Å². The Balaban J connectivity index is 1.64. The third-order valence-electron chi connectivity index (χ3n) is 5.77. The maximum atomic E-state index is 13.1. The normalized spacial score (nSPS) is 17.8. The molecule has 2 aliphatic heterocycles. The number of hydrogen-bond acceptors (Lipinski definition) is 6. The molecule has 1 N–H and O–H groups in total. The van der Waals surface area contributed by atoms with Crippen LogP contribution in [0.15, 0.2) is 94.6 Å². The number of esters is 1. The molecular formula is C27H26ClN3O3S. The minimum atomic E-state index is -0.575. The monoisotopic (exact) mass is 507 g/mol. The Morgan fingerprint density at radius 1 is 1.23 bits per heavy atom. The molecule has 8 heteroatoms. The third-order valence-corrected chi connectivity index (χ3v) is 7.00. The lowest BCUT2D eigenvalue weighted by molar-refractivity contribution is -0.138. The van der Waals surface area contributed by atoms with E-state index >= 15 is 0 Å². The van der Waals surface area contributed by atoms with Crippen molar-refractivity contribution in [3.63, 3.8) is 0 Å². The van der Waals surface area contributed by atoms with Gasteiger partial charge in [-0.05, 0) is 36.4 Å². The quantitative estimate of drug-likeness (QED) is 0.355. The molecule has 0 radical (unpaired) electrons. The fourth-order valence-corrected chi connectivity index (χ4v) is 5.32. The van der Waals surface area contributed by atoms with E-state index in [0.29, 0.717) is 21.5 Å². The van der Waals surface area contributed by atoms with Crippen molar-refractivity contribution in [1.29, 1.82) is 0 Å². The van der Waals surface area contributed by atoms with Crippen LogP contribution < -0.4 is 5.32 Å². The van der Waals surface area contributed by atoms with Crippen LogP contribution in [0.5, 0.6) is 0 Å². The van der Waals surface area contributed by atoms with Gasteiger partial charge in [-0.15, -0.1) is 0 Å². The topological polar surface area (TPSA) is 71.0 Å². The number of carbonyl (C=O) groups is 2. The van der Waals surface area contributed by atoms with Gasteiger partial charge in [-0.25, -0.2) is 9.79 Å². The summed E-state index contributed by atoms with van der Waals surface area (Å²) in [5.74, 6) is -0.622. The van der Waals surface area contributed by atoms with Gasteiger partial charge in [0.1, 0.15) is 6.61 Å². The van der Waals surface area contributed by atoms with Crippen LogP contribution in [0.2, 0.25) is 5.02 Å². The molecule has 2 aliphatic rings. The number of carbonyl (C=O) groups excluding carboxylic acids is 2. The van der Waals surface area contributed by atoms with E-state index in [0.717, 1.165) is 16.8 Å². The number of halogens is 1. The van der Waals surface area contributed by atoms with Gasteiger partial charge in [-0.2, -0.15) is 0 Å². The smallest absolute Gasteiger partial charge is 0.338 e. The van der Waals surface area contributed by atoms with Gasteiger partial charge >= 0.3 is 5.97 Å². The standard InChI is InChI=1S/C27H26ClN3O3S/c1-4-14-34-26(33)24-18(3)30-27-31(25(24)21-12-8-9-13-22(21)28)20(16-35-27)15-23(32)29-17(2)19-10-6-5-7-11-19/h4-13,16-17,25H,1,14-15H2,2-3H3,(H,29,32)/t17-,25-/m0/s1. The zero-order valence-electron chi connectivity index (χ0n) is 19.5. The molecule has 6 nitrogen and oxygen atoms in total. The molecule has 0 spiro atoms. The number of hydrogen-bond donors (Lipinski definition) is 1. The van der Waals surface area contributed by atoms with E-state index in [-0.39, 0.29) is 25.0 Å². The lowest BCUT2D eigenvalue weighted by Crippen LogP contribution is -2.38. The Kier molecular flexibility index (Phi) is 7.78. The number of nitrogens with zero attached hydrogens (tertiary/aromatic N) is 2. The lowest BCUT2D eigenvalue weighted by Gasteiger charge is -2.36. The van der Waals surface area contributed by atoms with Crippen LogP contribution in [0.4, 0.5) is 0 Å². The highest BCUT2D eigenvalue weighted by molar-refractivity contribution is 8.16. The number of ether oxygens (including phenoxy) is 1. The molecule has 180 valence electrons. The van der Waals surface area contributed by atoms with Crippen LogP contribution in [-0.4, -0.2) is 28.6 Å². The van der Waals surface area contributed by atoms with Crippen molar-refractivity contribution in [2.75, 3.05) is 6.61 Å². The number of benzene rings is 2. The summed E-state index contributed by atoms with van der Waals surface area (Å²) in [4.78, 5) is 32.7. The van der Waals surface area contributed by atoms with E-state index in [1.54, 1.807) is 13.0 Å². The second-order valence-corrected chi connectivity index (χ2v) is 9.42. The molecule has 0 bridgehead atoms. The minimum absolute atomic E-state index is 0.0820. The fraction of sp³-hybridized carbons (Fsp3) is 0.222. The summed E-state index contributed by atoms with van der Waals surface area (Å²) in [5, 5.41) is 6.16. The molecule has 1 amide bonds. The number of fused-ring (bicyclic) bond motifs is 1. The van der Waals surface area contributed by atoms with Crippen LogP contribution in [0.1, 0.15) is 43.5 Å². The molecule has 0 aromatic heterocycles. The molecule has 0 saturated carbocycles. The Bertz CT molecular complexity index is 1240. The second-order valence-electron chi connectivity index (χ2n) is 8.18. The number of thioether (sulfide) groups is 1. The zero-order valence-corrected chi connectivity index (χ0v) is 21.1. The molecule has 35 heavy (non-hydrogen) atoms. The molecule has 0 fully saturated rings. The number of nitrogens with one attached hydrogen (secondary N) is 1. The highest BCUT2D eigenvalue weighted by Gasteiger charge is 2.41. The summed E-state index contributed by atoms with van der Waals surface area (Å²) in [6, 6.07) is 16.4. The predicted octanol–water partition coefficient (Wildman–Crippen LogP) is 5.91. The summed E-state index contributed by atoms with van der Waals surface area (Å²) < 4.78 is 5.40. The molecule has 2 atom stereocenters. The third kappa shape index (κ3) is 5.36. The highest BCUT2D eigenvalue weighted by atomic mass is 35.5. The number of amides is 1. The van der Waals surface area contributed by atoms with Crippen LogP contribution in [0.25, 0.3) is 0 Å². The van der Waals surface area contributed by atoms with Crippen molar-refractivity contribution in [2.45, 2.75) is 32.4 Å². The van der Waals surface area contributed by atoms with Crippen LogP contribution in [0.3, 0.4) is 0 Å². The molecule has 2 aromatic rings. The van der Waals surface area contributed by atoms with E-state index in [2.05, 4.69) is 16.9 Å². The van der Waals surface area contributed by atoms with Gasteiger partial charge in [0.25, 0.3) is 0 Å². The van der Waals surface area contributed by atoms with Gasteiger partial charge in [0.2, 0.25) is 5.91 Å². The van der Waals surface area contributed by atoms with Crippen molar-refractivity contribution < 1.29 is 14.3 Å². The Morgan fingerprint density at radius 3 is 2.66 bits per heavy atom. The molecule has 0 unspecified atom stereocenters. The van der Waals surface area contributed by atoms with Gasteiger partial charge in [-0.3, -0.25) is 4.79 Å². The molecule has 0 saturated heterocycles. The molecular weight excluding hydrogens is 482 g/mol. The average Bonchev–Trinajstić information content (AvgIpc) is 3.24. The first-order valence-electron chi connectivity index (χ1n) is 11.2. The van der Waals surface area contributed by atoms with Crippen molar-refractivity contribution in [3.05, 3.63) is 106 Å². The summed E-state index contributed by atoms with van der Waals surface area (Å²) in [6.45, 7) is 7.44. The number of rotatable bonds is 8. The molecule has 4 rings (SSSR count). The van der Waals surface area contributed by atoms with Gasteiger partial charge in [0, 0.05) is 10.7 Å². The number of amidine groups is 1. The molecule has 2 heterocycles. The Hall–Kier alpha value is -3.29. The van der Waals surface area contributed by atoms with E-state index in [9.17, 15) is 9.59 Å². The summed E-state index contributed by atoms with van der Waals surface area (Å²) in [7, 11) is 0. The van der Waals surface area contributed by atoms with Crippen LogP contribution >= 0.6 is 23.4 Å². The van der Waals surface area contributed by atoms with Crippen molar-refractivity contribution in [1.82, 2.24) is 10.2 Å². The Labute approximate surface area is 214 Å². The van der Waals surface area contributed by atoms with Crippen molar-refractivity contribution >= 4 is 40.4 Å². The van der Waals surface area contributed by atoms with Gasteiger partial charge in [0.15, 0.2) is 5.17 Å². The van der Waals surface area contributed by atoms with Gasteiger partial charge in [0.05, 0.1) is 29.8 Å². The maximum absolute atomic E-state index is 13.1. The molecule has 0 aliphatic carbocycles. The largest absolute Gasteiger partial charge is 0.458 e. The maximum Gasteiger partial charge on any atom is 0.338 e. The number of aliphatic imine (C=N–C) groups is 1. The zero-order chi connectivity index (χ0) is 24.9. The Morgan fingerprint density at radius 2 is 1.94 bits per heavy atom. The first kappa shape index (κ1) is 24.8. The SMILES string of the molecule is C=CCOC(=O)C1=C(C)N=C2SC=C(CC(=O)N[C@@H](C)c3ccccc3)N2[C@H]1c1ccccc1Cl. The highest BCUT2D eigenvalue weighted by Crippen LogP contribution is 2.46. The van der Waals surface area contributed by atoms with E-state index in [1.807, 2.05) is 65.8 Å². The van der Waals surface area contributed by atoms with Gasteiger partial charge in [-0.1, -0.05) is 84.5 Å². The summed E-state index contributed by atoms with van der Waals surface area (Å²) in [6.07, 6.45) is 1.64. The summed E-state index contributed by atoms with van der Waals surface area (Å²) in [5.41, 5.74) is 3.43. The van der Waals surface area contributed by atoms with Crippen LogP contribution in [0, 0.1) is 0 Å². The summed E-state index contributed by atoms with van der Waals surface area (Å²) >= 11 is 8.02. The van der Waals surface area contributed by atoms with E-state index < -0.39 is 12.0 Å². The minimum Gasteiger partial charge on any atom is -0.458 e. The van der Waals surface area contributed by atoms with E-state index in [1.165, 1.54) is 17.8 Å². The first-order valence-corrected chi connectivity index (χ1v) is 12.5. The van der Waals surface area contributed by atoms with Crippen molar-refractivity contribution in [2.24, 2.45) is 4.99 Å².